The summed E-state index contributed by atoms with van der Waals surface area (Å²) >= 11 is 6.47. The highest BCUT2D eigenvalue weighted by Crippen LogP contribution is 2.23. The first-order valence-electron chi connectivity index (χ1n) is 4.88. The molecular formula is C11H8Br2N2O2S. The highest BCUT2D eigenvalue weighted by atomic mass is 79.9. The van der Waals surface area contributed by atoms with Crippen LogP contribution in [0.3, 0.4) is 0 Å². The molecular weight excluding hydrogens is 384 g/mol. The topological polar surface area (TPSA) is 59.1 Å². The van der Waals surface area contributed by atoms with Crippen LogP contribution >= 0.6 is 31.9 Å². The molecule has 0 saturated carbocycles. The maximum Gasteiger partial charge on any atom is 0.263 e. The van der Waals surface area contributed by atoms with Crippen LogP contribution in [-0.2, 0) is 10.0 Å². The van der Waals surface area contributed by atoms with Crippen molar-refractivity contribution in [1.29, 1.82) is 0 Å². The first-order valence-corrected chi connectivity index (χ1v) is 7.95. The molecule has 0 unspecified atom stereocenters. The van der Waals surface area contributed by atoms with Gasteiger partial charge in [-0.1, -0.05) is 22.0 Å². The standard InChI is InChI=1S/C11H8Br2N2O2S/c12-8-3-1-4-9(7-8)18(16,17)15-11-10(13)5-2-6-14-11/h1-7H,(H,14,15). The Balaban J connectivity index is 2.37. The predicted octanol–water partition coefficient (Wildman–Crippen LogP) is 3.41. The molecule has 1 N–H and O–H groups in total. The van der Waals surface area contributed by atoms with Gasteiger partial charge in [-0.05, 0) is 46.3 Å². The number of anilines is 1. The van der Waals surface area contributed by atoms with Crippen molar-refractivity contribution in [3.63, 3.8) is 0 Å². The Morgan fingerprint density at radius 1 is 1.11 bits per heavy atom. The monoisotopic (exact) mass is 390 g/mol. The second-order valence-corrected chi connectivity index (χ2v) is 6.85. The van der Waals surface area contributed by atoms with Gasteiger partial charge in [0.05, 0.1) is 9.37 Å². The smallest absolute Gasteiger partial charge is 0.262 e. The van der Waals surface area contributed by atoms with Gasteiger partial charge in [0.2, 0.25) is 0 Å². The molecule has 0 aliphatic heterocycles. The van der Waals surface area contributed by atoms with E-state index in [0.29, 0.717) is 8.95 Å². The van der Waals surface area contributed by atoms with Crippen molar-refractivity contribution in [2.45, 2.75) is 4.90 Å². The van der Waals surface area contributed by atoms with Gasteiger partial charge in [-0.15, -0.1) is 0 Å². The molecule has 0 radical (unpaired) electrons. The number of sulfonamides is 1. The van der Waals surface area contributed by atoms with Crippen LogP contribution in [0.2, 0.25) is 0 Å². The summed E-state index contributed by atoms with van der Waals surface area (Å²) in [6.07, 6.45) is 1.52. The Hall–Kier alpha value is -0.920. The number of hydrogen-bond acceptors (Lipinski definition) is 3. The second-order valence-electron chi connectivity index (χ2n) is 3.40. The minimum atomic E-state index is -3.63. The van der Waals surface area contributed by atoms with Gasteiger partial charge in [0.15, 0.2) is 5.82 Å². The Morgan fingerprint density at radius 3 is 2.56 bits per heavy atom. The molecule has 1 aromatic carbocycles. The summed E-state index contributed by atoms with van der Waals surface area (Å²) in [6, 6.07) is 9.89. The first kappa shape index (κ1) is 13.5. The number of hydrogen-bond donors (Lipinski definition) is 1. The van der Waals surface area contributed by atoms with Crippen molar-refractivity contribution >= 4 is 47.7 Å². The average molecular weight is 392 g/mol. The van der Waals surface area contributed by atoms with Gasteiger partial charge in [0, 0.05) is 10.7 Å². The summed E-state index contributed by atoms with van der Waals surface area (Å²) in [5.74, 6) is 0.262. The zero-order valence-electron chi connectivity index (χ0n) is 8.97. The maximum absolute atomic E-state index is 12.1. The third kappa shape index (κ3) is 3.09. The molecule has 7 heteroatoms. The summed E-state index contributed by atoms with van der Waals surface area (Å²) in [6.45, 7) is 0. The molecule has 2 rings (SSSR count). The Bertz CT molecular complexity index is 674. The highest BCUT2D eigenvalue weighted by molar-refractivity contribution is 9.10. The molecule has 0 aliphatic carbocycles. The van der Waals surface area contributed by atoms with E-state index in [1.807, 2.05) is 0 Å². The molecule has 0 aliphatic rings. The lowest BCUT2D eigenvalue weighted by molar-refractivity contribution is 0.601. The van der Waals surface area contributed by atoms with E-state index in [9.17, 15) is 8.42 Å². The minimum Gasteiger partial charge on any atom is -0.262 e. The lowest BCUT2D eigenvalue weighted by Gasteiger charge is -2.08. The molecule has 0 amide bonds. The molecule has 18 heavy (non-hydrogen) atoms. The maximum atomic E-state index is 12.1. The molecule has 1 aromatic heterocycles. The van der Waals surface area contributed by atoms with Crippen LogP contribution in [0.5, 0.6) is 0 Å². The number of pyridine rings is 1. The van der Waals surface area contributed by atoms with Crippen LogP contribution in [0.25, 0.3) is 0 Å². The van der Waals surface area contributed by atoms with Crippen LogP contribution in [-0.4, -0.2) is 13.4 Å². The van der Waals surface area contributed by atoms with Crippen LogP contribution < -0.4 is 4.72 Å². The number of nitrogens with one attached hydrogen (secondary N) is 1. The summed E-state index contributed by atoms with van der Waals surface area (Å²) < 4.78 is 27.9. The molecule has 0 bridgehead atoms. The Kier molecular flexibility index (Phi) is 4.04. The Morgan fingerprint density at radius 2 is 1.89 bits per heavy atom. The molecule has 1 heterocycles. The third-order valence-corrected chi connectivity index (χ3v) is 4.57. The van der Waals surface area contributed by atoms with Crippen LogP contribution in [0, 0.1) is 0 Å². The average Bonchev–Trinajstić information content (AvgIpc) is 2.32. The number of benzene rings is 1. The fraction of sp³-hybridized carbons (Fsp3) is 0. The van der Waals surface area contributed by atoms with E-state index in [0.717, 1.165) is 0 Å². The SMILES string of the molecule is O=S(=O)(Nc1ncccc1Br)c1cccc(Br)c1. The fourth-order valence-electron chi connectivity index (χ4n) is 1.28. The molecule has 0 fully saturated rings. The summed E-state index contributed by atoms with van der Waals surface area (Å²) in [4.78, 5) is 4.14. The third-order valence-electron chi connectivity index (χ3n) is 2.10. The zero-order chi connectivity index (χ0) is 13.2. The normalized spacial score (nSPS) is 11.2. The summed E-state index contributed by atoms with van der Waals surface area (Å²) in [7, 11) is -3.63. The lowest BCUT2D eigenvalue weighted by atomic mass is 10.4. The van der Waals surface area contributed by atoms with Gasteiger partial charge in [-0.25, -0.2) is 13.4 Å². The van der Waals surface area contributed by atoms with Crippen molar-refractivity contribution in [1.82, 2.24) is 4.98 Å². The summed E-state index contributed by atoms with van der Waals surface area (Å²) in [5.41, 5.74) is 0. The van der Waals surface area contributed by atoms with Gasteiger partial charge >= 0.3 is 0 Å². The lowest BCUT2D eigenvalue weighted by Crippen LogP contribution is -2.14. The number of rotatable bonds is 3. The molecule has 0 atom stereocenters. The van der Waals surface area contributed by atoms with E-state index >= 15 is 0 Å². The first-order chi connectivity index (χ1) is 8.49. The van der Waals surface area contributed by atoms with Crippen molar-refractivity contribution < 1.29 is 8.42 Å². The molecule has 2 aromatic rings. The van der Waals surface area contributed by atoms with E-state index in [-0.39, 0.29) is 10.7 Å². The van der Waals surface area contributed by atoms with E-state index in [4.69, 9.17) is 0 Å². The van der Waals surface area contributed by atoms with Gasteiger partial charge in [-0.2, -0.15) is 0 Å². The number of nitrogens with zero attached hydrogens (tertiary/aromatic N) is 1. The van der Waals surface area contributed by atoms with Crippen molar-refractivity contribution in [3.05, 3.63) is 51.5 Å². The Labute approximate surface area is 122 Å². The molecule has 4 nitrogen and oxygen atoms in total. The minimum absolute atomic E-state index is 0.175. The van der Waals surface area contributed by atoms with Gasteiger partial charge < -0.3 is 0 Å². The van der Waals surface area contributed by atoms with Gasteiger partial charge in [-0.3, -0.25) is 4.72 Å². The van der Waals surface area contributed by atoms with Crippen LogP contribution in [0.15, 0.2) is 56.4 Å². The molecule has 0 spiro atoms. The highest BCUT2D eigenvalue weighted by Gasteiger charge is 2.16. The van der Waals surface area contributed by atoms with Crippen molar-refractivity contribution in [2.24, 2.45) is 0 Å². The summed E-state index contributed by atoms with van der Waals surface area (Å²) in [5, 5.41) is 0. The fourth-order valence-corrected chi connectivity index (χ4v) is 3.39. The molecule has 0 saturated heterocycles. The van der Waals surface area contributed by atoms with E-state index in [1.54, 1.807) is 24.3 Å². The number of aromatic nitrogens is 1. The van der Waals surface area contributed by atoms with Crippen molar-refractivity contribution in [2.75, 3.05) is 4.72 Å². The van der Waals surface area contributed by atoms with E-state index in [1.165, 1.54) is 18.3 Å². The van der Waals surface area contributed by atoms with E-state index < -0.39 is 10.0 Å². The molecule has 94 valence electrons. The zero-order valence-corrected chi connectivity index (χ0v) is 13.0. The quantitative estimate of drug-likeness (QED) is 0.872. The second kappa shape index (κ2) is 5.38. The largest absolute Gasteiger partial charge is 0.263 e. The van der Waals surface area contributed by atoms with Gasteiger partial charge in [0.25, 0.3) is 10.0 Å². The van der Waals surface area contributed by atoms with Gasteiger partial charge in [0.1, 0.15) is 0 Å². The number of halogens is 2. The van der Waals surface area contributed by atoms with Crippen LogP contribution in [0.4, 0.5) is 5.82 Å². The van der Waals surface area contributed by atoms with E-state index in [2.05, 4.69) is 41.6 Å². The van der Waals surface area contributed by atoms with Crippen molar-refractivity contribution in [3.8, 4) is 0 Å². The van der Waals surface area contributed by atoms with Crippen LogP contribution in [0.1, 0.15) is 0 Å². The predicted molar refractivity (Wildman–Crippen MR) is 76.9 cm³/mol.